The zero-order valence-electron chi connectivity index (χ0n) is 11.0. The fourth-order valence-corrected chi connectivity index (χ4v) is 2.81. The zero-order valence-corrected chi connectivity index (χ0v) is 11.0. The molecule has 2 unspecified atom stereocenters. The van der Waals surface area contributed by atoms with Crippen LogP contribution in [-0.4, -0.2) is 24.0 Å². The van der Waals surface area contributed by atoms with E-state index in [0.717, 1.165) is 30.6 Å². The van der Waals surface area contributed by atoms with E-state index in [1.54, 1.807) is 0 Å². The quantitative estimate of drug-likeness (QED) is 0.812. The predicted molar refractivity (Wildman–Crippen MR) is 74.0 cm³/mol. The van der Waals surface area contributed by atoms with E-state index in [4.69, 9.17) is 5.73 Å². The molecule has 0 amide bonds. The van der Waals surface area contributed by atoms with Crippen LogP contribution in [-0.2, 0) is 6.42 Å². The standard InChI is InChI=1S/C15H24N2/c1-12-7-9-17(13(2)11-12)10-8-14-5-3-4-6-15(14)16/h3-6,12-13H,7-11,16H2,1-2H3. The topological polar surface area (TPSA) is 29.3 Å². The molecular formula is C15H24N2. The first kappa shape index (κ1) is 12.4. The molecule has 0 aliphatic carbocycles. The summed E-state index contributed by atoms with van der Waals surface area (Å²) in [5.41, 5.74) is 8.20. The highest BCUT2D eigenvalue weighted by Gasteiger charge is 2.22. The van der Waals surface area contributed by atoms with Crippen molar-refractivity contribution in [3.8, 4) is 0 Å². The van der Waals surface area contributed by atoms with Crippen LogP contribution in [0.25, 0.3) is 0 Å². The number of hydrogen-bond acceptors (Lipinski definition) is 2. The van der Waals surface area contributed by atoms with E-state index in [1.165, 1.54) is 24.9 Å². The lowest BCUT2D eigenvalue weighted by Crippen LogP contribution is -2.41. The third-order valence-corrected chi connectivity index (χ3v) is 4.00. The largest absolute Gasteiger partial charge is 0.399 e. The molecule has 1 aromatic rings. The number of anilines is 1. The van der Waals surface area contributed by atoms with Gasteiger partial charge in [0.25, 0.3) is 0 Å². The van der Waals surface area contributed by atoms with Crippen LogP contribution in [0.3, 0.4) is 0 Å². The Morgan fingerprint density at radius 2 is 2.06 bits per heavy atom. The van der Waals surface area contributed by atoms with Crippen molar-refractivity contribution in [2.24, 2.45) is 5.92 Å². The van der Waals surface area contributed by atoms with Gasteiger partial charge in [-0.25, -0.2) is 0 Å². The highest BCUT2D eigenvalue weighted by Crippen LogP contribution is 2.22. The van der Waals surface area contributed by atoms with Crippen molar-refractivity contribution in [1.82, 2.24) is 4.90 Å². The second kappa shape index (κ2) is 5.54. The summed E-state index contributed by atoms with van der Waals surface area (Å²) in [6.07, 6.45) is 3.75. The molecule has 0 bridgehead atoms. The zero-order chi connectivity index (χ0) is 12.3. The highest BCUT2D eigenvalue weighted by atomic mass is 15.2. The number of nitrogens with two attached hydrogens (primary N) is 1. The molecule has 1 fully saturated rings. The number of hydrogen-bond donors (Lipinski definition) is 1. The summed E-state index contributed by atoms with van der Waals surface area (Å²) in [6, 6.07) is 8.95. The lowest BCUT2D eigenvalue weighted by Gasteiger charge is -2.36. The van der Waals surface area contributed by atoms with Gasteiger partial charge in [0, 0.05) is 18.3 Å². The molecular weight excluding hydrogens is 208 g/mol. The molecule has 2 N–H and O–H groups in total. The maximum atomic E-state index is 5.97. The van der Waals surface area contributed by atoms with Crippen LogP contribution in [0.15, 0.2) is 24.3 Å². The molecule has 1 aliphatic heterocycles. The van der Waals surface area contributed by atoms with E-state index in [2.05, 4.69) is 30.9 Å². The minimum absolute atomic E-state index is 0.726. The van der Waals surface area contributed by atoms with Crippen LogP contribution in [0.5, 0.6) is 0 Å². The normalized spacial score (nSPS) is 26.0. The Morgan fingerprint density at radius 3 is 2.76 bits per heavy atom. The summed E-state index contributed by atoms with van der Waals surface area (Å²) in [4.78, 5) is 2.60. The fourth-order valence-electron chi connectivity index (χ4n) is 2.81. The van der Waals surface area contributed by atoms with E-state index in [1.807, 2.05) is 12.1 Å². The third-order valence-electron chi connectivity index (χ3n) is 4.00. The van der Waals surface area contributed by atoms with Gasteiger partial charge in [-0.05, 0) is 50.3 Å². The molecule has 2 nitrogen and oxygen atoms in total. The first-order valence-electron chi connectivity index (χ1n) is 6.74. The fraction of sp³-hybridized carbons (Fsp3) is 0.600. The molecule has 0 radical (unpaired) electrons. The molecule has 1 heterocycles. The number of nitrogens with zero attached hydrogens (tertiary/aromatic N) is 1. The highest BCUT2D eigenvalue weighted by molar-refractivity contribution is 5.46. The van der Waals surface area contributed by atoms with Gasteiger partial charge in [-0.2, -0.15) is 0 Å². The summed E-state index contributed by atoms with van der Waals surface area (Å²) < 4.78 is 0. The van der Waals surface area contributed by atoms with Gasteiger partial charge in [0.15, 0.2) is 0 Å². The van der Waals surface area contributed by atoms with Crippen molar-refractivity contribution in [2.45, 2.75) is 39.2 Å². The van der Waals surface area contributed by atoms with Gasteiger partial charge in [-0.15, -0.1) is 0 Å². The third kappa shape index (κ3) is 3.22. The number of rotatable bonds is 3. The molecule has 17 heavy (non-hydrogen) atoms. The Balaban J connectivity index is 1.88. The second-order valence-corrected chi connectivity index (χ2v) is 5.46. The van der Waals surface area contributed by atoms with Crippen molar-refractivity contribution in [2.75, 3.05) is 18.8 Å². The molecule has 0 spiro atoms. The van der Waals surface area contributed by atoms with Gasteiger partial charge >= 0.3 is 0 Å². The monoisotopic (exact) mass is 232 g/mol. The van der Waals surface area contributed by atoms with Crippen LogP contribution in [0.2, 0.25) is 0 Å². The number of benzene rings is 1. The molecule has 94 valence electrons. The number of likely N-dealkylation sites (tertiary alicyclic amines) is 1. The number of nitrogen functional groups attached to an aromatic ring is 1. The Kier molecular flexibility index (Phi) is 4.06. The van der Waals surface area contributed by atoms with Crippen molar-refractivity contribution in [3.05, 3.63) is 29.8 Å². The van der Waals surface area contributed by atoms with Gasteiger partial charge in [0.2, 0.25) is 0 Å². The molecule has 1 aliphatic rings. The molecule has 2 atom stereocenters. The average Bonchev–Trinajstić information content (AvgIpc) is 2.30. The van der Waals surface area contributed by atoms with E-state index in [0.29, 0.717) is 0 Å². The Morgan fingerprint density at radius 1 is 1.29 bits per heavy atom. The summed E-state index contributed by atoms with van der Waals surface area (Å²) in [7, 11) is 0. The van der Waals surface area contributed by atoms with Gasteiger partial charge in [0.1, 0.15) is 0 Å². The first-order valence-corrected chi connectivity index (χ1v) is 6.74. The second-order valence-electron chi connectivity index (χ2n) is 5.46. The lowest BCUT2D eigenvalue weighted by molar-refractivity contribution is 0.131. The minimum Gasteiger partial charge on any atom is -0.399 e. The minimum atomic E-state index is 0.726. The summed E-state index contributed by atoms with van der Waals surface area (Å²) in [6.45, 7) is 7.10. The molecule has 1 aromatic carbocycles. The molecule has 0 aromatic heterocycles. The number of piperidine rings is 1. The van der Waals surface area contributed by atoms with Crippen LogP contribution >= 0.6 is 0 Å². The Hall–Kier alpha value is -1.02. The smallest absolute Gasteiger partial charge is 0.0347 e. The van der Waals surface area contributed by atoms with E-state index >= 15 is 0 Å². The molecule has 1 saturated heterocycles. The van der Waals surface area contributed by atoms with E-state index < -0.39 is 0 Å². The number of para-hydroxylation sites is 1. The molecule has 2 rings (SSSR count). The van der Waals surface area contributed by atoms with Crippen LogP contribution in [0, 0.1) is 5.92 Å². The summed E-state index contributed by atoms with van der Waals surface area (Å²) in [5, 5.41) is 0. The predicted octanol–water partition coefficient (Wildman–Crippen LogP) is 2.93. The SMILES string of the molecule is CC1CCN(CCc2ccccc2N)C(C)C1. The maximum Gasteiger partial charge on any atom is 0.0347 e. The van der Waals surface area contributed by atoms with Crippen molar-refractivity contribution in [1.29, 1.82) is 0 Å². The van der Waals surface area contributed by atoms with Crippen LogP contribution < -0.4 is 5.73 Å². The van der Waals surface area contributed by atoms with Gasteiger partial charge in [0.05, 0.1) is 0 Å². The Bertz CT molecular complexity index is 362. The molecule has 0 saturated carbocycles. The van der Waals surface area contributed by atoms with Crippen LogP contribution in [0.4, 0.5) is 5.69 Å². The lowest BCUT2D eigenvalue weighted by atomic mass is 9.93. The van der Waals surface area contributed by atoms with Crippen LogP contribution in [0.1, 0.15) is 32.3 Å². The average molecular weight is 232 g/mol. The van der Waals surface area contributed by atoms with Gasteiger partial charge < -0.3 is 10.6 Å². The van der Waals surface area contributed by atoms with Crippen molar-refractivity contribution in [3.63, 3.8) is 0 Å². The first-order chi connectivity index (χ1) is 8.16. The summed E-state index contributed by atoms with van der Waals surface area (Å²) >= 11 is 0. The van der Waals surface area contributed by atoms with Gasteiger partial charge in [-0.1, -0.05) is 25.1 Å². The van der Waals surface area contributed by atoms with Crippen molar-refractivity contribution < 1.29 is 0 Å². The van der Waals surface area contributed by atoms with Crippen molar-refractivity contribution >= 4 is 5.69 Å². The van der Waals surface area contributed by atoms with E-state index in [-0.39, 0.29) is 0 Å². The Labute approximate surface area is 105 Å². The maximum absolute atomic E-state index is 5.97. The van der Waals surface area contributed by atoms with Gasteiger partial charge in [-0.3, -0.25) is 0 Å². The molecule has 2 heteroatoms. The summed E-state index contributed by atoms with van der Waals surface area (Å²) in [5.74, 6) is 0.892. The van der Waals surface area contributed by atoms with E-state index in [9.17, 15) is 0 Å².